The molecule has 1 rings (SSSR count). The molecule has 0 aliphatic heterocycles. The van der Waals surface area contributed by atoms with Crippen molar-refractivity contribution in [3.63, 3.8) is 0 Å². The molecule has 1 heterocycles. The number of nitrogens with zero attached hydrogens (tertiary/aromatic N) is 3. The van der Waals surface area contributed by atoms with Crippen LogP contribution in [-0.4, -0.2) is 9.97 Å². The van der Waals surface area contributed by atoms with Crippen LogP contribution in [0.25, 0.3) is 0 Å². The highest BCUT2D eigenvalue weighted by atomic mass is 35.5. The summed E-state index contributed by atoms with van der Waals surface area (Å²) in [4.78, 5) is 10.6. The van der Waals surface area contributed by atoms with Gasteiger partial charge in [0.1, 0.15) is 0 Å². The fraction of sp³-hybridized carbons (Fsp3) is 0. The predicted octanol–water partition coefficient (Wildman–Crippen LogP) is 0.866. The normalized spacial score (nSPS) is 8.62. The Morgan fingerprint density at radius 2 is 2.00 bits per heavy atom. The molecule has 0 unspecified atom stereocenters. The largest absolute Gasteiger partial charge is 0.261 e. The van der Waals surface area contributed by atoms with E-state index in [-0.39, 0.29) is 0 Å². The molecule has 0 saturated heterocycles. The first-order valence-electron chi connectivity index (χ1n) is 2.02. The summed E-state index contributed by atoms with van der Waals surface area (Å²) in [6, 6.07) is 1.70. The Labute approximate surface area is 51.8 Å². The molecular weight excluding hydrogens is 126 g/mol. The zero-order chi connectivity index (χ0) is 5.82. The minimum absolute atomic E-state index is 0.300. The lowest BCUT2D eigenvalue weighted by atomic mass is 10.7. The minimum Gasteiger partial charge on any atom is -0.219 e. The van der Waals surface area contributed by atoms with Gasteiger partial charge in [-0.15, -0.1) is 4.84 Å². The fourth-order valence-corrected chi connectivity index (χ4v) is 0.422. The molecule has 1 radical (unpaired) electrons. The van der Waals surface area contributed by atoms with Crippen molar-refractivity contribution in [2.75, 3.05) is 0 Å². The summed E-state index contributed by atoms with van der Waals surface area (Å²) in [5, 5.41) is 0. The van der Waals surface area contributed by atoms with Gasteiger partial charge in [-0.1, -0.05) is 0 Å². The number of hydrogen-bond donors (Lipinski definition) is 0. The van der Waals surface area contributed by atoms with Crippen LogP contribution < -0.4 is 4.84 Å². The molecule has 0 fully saturated rings. The van der Waals surface area contributed by atoms with Crippen molar-refractivity contribution in [1.82, 2.24) is 14.8 Å². The van der Waals surface area contributed by atoms with Crippen molar-refractivity contribution in [2.24, 2.45) is 0 Å². The van der Waals surface area contributed by atoms with Gasteiger partial charge in [-0.25, -0.2) is 9.97 Å². The summed E-state index contributed by atoms with van der Waals surface area (Å²) < 4.78 is 0. The number of aromatic nitrogens is 2. The highest BCUT2D eigenvalue weighted by molar-refractivity contribution is 6.15. The molecule has 8 heavy (non-hydrogen) atoms. The van der Waals surface area contributed by atoms with Gasteiger partial charge in [0.25, 0.3) is 5.95 Å². The van der Waals surface area contributed by atoms with Crippen molar-refractivity contribution >= 4 is 17.7 Å². The van der Waals surface area contributed by atoms with Gasteiger partial charge in [0.15, 0.2) is 0 Å². The Morgan fingerprint density at radius 1 is 1.38 bits per heavy atom. The molecule has 4 heteroatoms. The van der Waals surface area contributed by atoms with E-state index in [2.05, 4.69) is 14.8 Å². The van der Waals surface area contributed by atoms with Crippen LogP contribution in [0.15, 0.2) is 18.5 Å². The number of halogens is 1. The van der Waals surface area contributed by atoms with E-state index in [0.717, 1.165) is 0 Å². The lowest BCUT2D eigenvalue weighted by molar-refractivity contribution is 1.08. The monoisotopic (exact) mass is 128 g/mol. The Balaban J connectivity index is 2.83. The molecule has 0 spiro atoms. The molecular formula is C4H3ClN3. The second-order valence-corrected chi connectivity index (χ2v) is 1.30. The first-order valence-corrected chi connectivity index (χ1v) is 2.36. The van der Waals surface area contributed by atoms with E-state index in [9.17, 15) is 0 Å². The van der Waals surface area contributed by atoms with Crippen LogP contribution in [0.4, 0.5) is 5.95 Å². The Hall–Kier alpha value is -0.830. The average molecular weight is 129 g/mol. The first-order chi connectivity index (χ1) is 3.93. The van der Waals surface area contributed by atoms with Crippen molar-refractivity contribution in [1.29, 1.82) is 0 Å². The summed E-state index contributed by atoms with van der Waals surface area (Å²) in [7, 11) is 0. The van der Waals surface area contributed by atoms with Gasteiger partial charge in [0.2, 0.25) is 0 Å². The standard InChI is InChI=1S/C4H3ClN3/c5-8-4-6-2-1-3-7-4/h1-3H. The third-order valence-corrected chi connectivity index (χ3v) is 0.779. The third-order valence-electron chi connectivity index (χ3n) is 0.628. The smallest absolute Gasteiger partial charge is 0.219 e. The van der Waals surface area contributed by atoms with Gasteiger partial charge >= 0.3 is 0 Å². The molecule has 0 aliphatic carbocycles. The van der Waals surface area contributed by atoms with Gasteiger partial charge in [0.05, 0.1) is 0 Å². The molecule has 1 aromatic rings. The second kappa shape index (κ2) is 2.47. The summed E-state index contributed by atoms with van der Waals surface area (Å²) in [5.74, 6) is 0.300. The molecule has 0 amide bonds. The van der Waals surface area contributed by atoms with Crippen LogP contribution >= 0.6 is 11.8 Å². The van der Waals surface area contributed by atoms with Crippen LogP contribution in [0.1, 0.15) is 0 Å². The Morgan fingerprint density at radius 3 is 2.38 bits per heavy atom. The highest BCUT2D eigenvalue weighted by Gasteiger charge is 1.86. The van der Waals surface area contributed by atoms with E-state index < -0.39 is 0 Å². The number of rotatable bonds is 1. The maximum absolute atomic E-state index is 5.03. The van der Waals surface area contributed by atoms with Crippen molar-refractivity contribution in [2.45, 2.75) is 0 Å². The SMILES string of the molecule is Cl[N]c1ncccn1. The van der Waals surface area contributed by atoms with Crippen molar-refractivity contribution in [3.8, 4) is 0 Å². The average Bonchev–Trinajstić information content (AvgIpc) is 1.90. The van der Waals surface area contributed by atoms with Gasteiger partial charge < -0.3 is 0 Å². The third kappa shape index (κ3) is 1.07. The van der Waals surface area contributed by atoms with E-state index in [1.54, 1.807) is 18.5 Å². The van der Waals surface area contributed by atoms with Crippen LogP contribution in [-0.2, 0) is 0 Å². The Kier molecular flexibility index (Phi) is 1.64. The second-order valence-electron chi connectivity index (χ2n) is 1.13. The van der Waals surface area contributed by atoms with Gasteiger partial charge in [0, 0.05) is 24.2 Å². The molecule has 1 aromatic heterocycles. The molecule has 0 aromatic carbocycles. The van der Waals surface area contributed by atoms with Crippen molar-refractivity contribution in [3.05, 3.63) is 18.5 Å². The summed E-state index contributed by atoms with van der Waals surface area (Å²) >= 11 is 5.03. The lowest BCUT2D eigenvalue weighted by Gasteiger charge is -1.85. The molecule has 0 N–H and O–H groups in total. The van der Waals surface area contributed by atoms with Crippen LogP contribution in [0.2, 0.25) is 0 Å². The zero-order valence-corrected chi connectivity index (χ0v) is 4.71. The lowest BCUT2D eigenvalue weighted by Crippen LogP contribution is -1.85. The van der Waals surface area contributed by atoms with E-state index in [1.807, 2.05) is 0 Å². The van der Waals surface area contributed by atoms with E-state index in [4.69, 9.17) is 11.8 Å². The summed E-state index contributed by atoms with van der Waals surface area (Å²) in [6.45, 7) is 0. The van der Waals surface area contributed by atoms with E-state index >= 15 is 0 Å². The van der Waals surface area contributed by atoms with Crippen LogP contribution in [0, 0.1) is 0 Å². The van der Waals surface area contributed by atoms with Crippen molar-refractivity contribution < 1.29 is 0 Å². The molecule has 3 nitrogen and oxygen atoms in total. The first kappa shape index (κ1) is 5.31. The molecule has 0 aliphatic rings. The van der Waals surface area contributed by atoms with Crippen LogP contribution in [0.5, 0.6) is 0 Å². The number of hydrogen-bond acceptors (Lipinski definition) is 2. The molecule has 41 valence electrons. The van der Waals surface area contributed by atoms with E-state index in [0.29, 0.717) is 5.95 Å². The Bertz CT molecular complexity index is 153. The molecule has 0 saturated carbocycles. The van der Waals surface area contributed by atoms with Gasteiger partial charge in [-0.05, 0) is 6.07 Å². The predicted molar refractivity (Wildman–Crippen MR) is 29.7 cm³/mol. The molecule has 0 atom stereocenters. The fourth-order valence-electron chi connectivity index (χ4n) is 0.335. The summed E-state index contributed by atoms with van der Waals surface area (Å²) in [6.07, 6.45) is 3.16. The quantitative estimate of drug-likeness (QED) is 0.563. The topological polar surface area (TPSA) is 39.9 Å². The summed E-state index contributed by atoms with van der Waals surface area (Å²) in [5.41, 5.74) is 0. The van der Waals surface area contributed by atoms with Gasteiger partial charge in [-0.2, -0.15) is 0 Å². The maximum Gasteiger partial charge on any atom is 0.261 e. The van der Waals surface area contributed by atoms with Gasteiger partial charge in [-0.3, -0.25) is 0 Å². The maximum atomic E-state index is 5.03. The highest BCUT2D eigenvalue weighted by Crippen LogP contribution is 1.93. The minimum atomic E-state index is 0.300. The van der Waals surface area contributed by atoms with E-state index in [1.165, 1.54) is 0 Å². The zero-order valence-electron chi connectivity index (χ0n) is 3.95. The van der Waals surface area contributed by atoms with Crippen LogP contribution in [0.3, 0.4) is 0 Å². The molecule has 0 bridgehead atoms.